The number of hydrogen-bond donors (Lipinski definition) is 1. The molecular weight excluding hydrogens is 324 g/mol. The lowest BCUT2D eigenvalue weighted by molar-refractivity contribution is -0.138. The van der Waals surface area contributed by atoms with Crippen LogP contribution in [0.15, 0.2) is 30.0 Å². The van der Waals surface area contributed by atoms with Gasteiger partial charge in [-0.3, -0.25) is 9.59 Å². The van der Waals surface area contributed by atoms with Gasteiger partial charge in [0.1, 0.15) is 6.04 Å². The molecule has 0 saturated heterocycles. The van der Waals surface area contributed by atoms with Crippen LogP contribution >= 0.6 is 11.3 Å². The minimum Gasteiger partial charge on any atom is -0.354 e. The van der Waals surface area contributed by atoms with Crippen LogP contribution in [0.25, 0.3) is 0 Å². The van der Waals surface area contributed by atoms with Gasteiger partial charge in [-0.25, -0.2) is 4.98 Å². The van der Waals surface area contributed by atoms with Gasteiger partial charge in [0.25, 0.3) is 0 Å². The number of fused-ring (bicyclic) bond motifs is 1. The summed E-state index contributed by atoms with van der Waals surface area (Å²) >= 11 is 1.69. The highest BCUT2D eigenvalue weighted by Gasteiger charge is 2.32. The van der Waals surface area contributed by atoms with Crippen LogP contribution in [0.5, 0.6) is 0 Å². The average molecular weight is 346 g/mol. The van der Waals surface area contributed by atoms with E-state index in [4.69, 9.17) is 0 Å². The van der Waals surface area contributed by atoms with Gasteiger partial charge in [-0.05, 0) is 17.9 Å². The van der Waals surface area contributed by atoms with Gasteiger partial charge in [0.2, 0.25) is 11.8 Å². The van der Waals surface area contributed by atoms with E-state index >= 15 is 0 Å². The first-order chi connectivity index (χ1) is 11.6. The predicted octanol–water partition coefficient (Wildman–Crippen LogP) is 1.84. The summed E-state index contributed by atoms with van der Waals surface area (Å²) < 4.78 is 1.88. The summed E-state index contributed by atoms with van der Waals surface area (Å²) in [6, 6.07) is 3.66. The number of rotatable bonds is 5. The Morgan fingerprint density at radius 3 is 3.00 bits per heavy atom. The Kier molecular flexibility index (Phi) is 4.99. The third kappa shape index (κ3) is 3.51. The molecule has 1 aliphatic heterocycles. The molecule has 0 bridgehead atoms. The molecule has 0 aliphatic carbocycles. The van der Waals surface area contributed by atoms with E-state index in [1.54, 1.807) is 28.8 Å². The number of nitrogens with zero attached hydrogens (tertiary/aromatic N) is 3. The second kappa shape index (κ2) is 7.17. The second-order valence-corrected chi connectivity index (χ2v) is 7.33. The molecule has 6 nitrogen and oxygen atoms in total. The summed E-state index contributed by atoms with van der Waals surface area (Å²) in [4.78, 5) is 32.1. The number of carbonyl (C=O) groups is 2. The molecule has 0 aromatic carbocycles. The van der Waals surface area contributed by atoms with E-state index < -0.39 is 6.04 Å². The molecule has 2 aromatic heterocycles. The van der Waals surface area contributed by atoms with Crippen LogP contribution in [0.1, 0.15) is 30.5 Å². The Morgan fingerprint density at radius 1 is 1.46 bits per heavy atom. The van der Waals surface area contributed by atoms with E-state index in [9.17, 15) is 9.59 Å². The number of thiophene rings is 1. The molecule has 0 spiro atoms. The van der Waals surface area contributed by atoms with Gasteiger partial charge in [-0.2, -0.15) is 0 Å². The minimum absolute atomic E-state index is 0.0629. The molecule has 1 aliphatic rings. The zero-order valence-electron chi connectivity index (χ0n) is 13.9. The first kappa shape index (κ1) is 16.7. The molecule has 2 amide bonds. The van der Waals surface area contributed by atoms with Crippen molar-refractivity contribution >= 4 is 23.2 Å². The standard InChI is InChI=1S/C17H22N4O2S/c1-12(2)17(23)20-9-13-8-18-11-21(13)15(10-20)16(22)19-6-5-14-4-3-7-24-14/h3-4,7-8,11-12,15H,5-6,9-10H2,1-2H3,(H,19,22)/t15-/m0/s1. The van der Waals surface area contributed by atoms with Crippen LogP contribution in [0.4, 0.5) is 0 Å². The largest absolute Gasteiger partial charge is 0.354 e. The van der Waals surface area contributed by atoms with Crippen LogP contribution in [-0.2, 0) is 22.6 Å². The van der Waals surface area contributed by atoms with E-state index in [0.29, 0.717) is 19.6 Å². The summed E-state index contributed by atoms with van der Waals surface area (Å²) in [5.41, 5.74) is 0.897. The maximum absolute atomic E-state index is 12.6. The quantitative estimate of drug-likeness (QED) is 0.898. The average Bonchev–Trinajstić information content (AvgIpc) is 3.24. The van der Waals surface area contributed by atoms with Gasteiger partial charge < -0.3 is 14.8 Å². The molecule has 24 heavy (non-hydrogen) atoms. The van der Waals surface area contributed by atoms with E-state index in [2.05, 4.69) is 16.4 Å². The molecule has 3 heterocycles. The zero-order valence-corrected chi connectivity index (χ0v) is 14.8. The molecule has 0 unspecified atom stereocenters. The van der Waals surface area contributed by atoms with Crippen molar-refractivity contribution in [1.29, 1.82) is 0 Å². The third-order valence-corrected chi connectivity index (χ3v) is 5.12. The van der Waals surface area contributed by atoms with E-state index in [1.165, 1.54) is 4.88 Å². The SMILES string of the molecule is CC(C)C(=O)N1Cc2cncn2[C@H](C(=O)NCCc2cccs2)C1. The van der Waals surface area contributed by atoms with Gasteiger partial charge in [0.05, 0.1) is 25.1 Å². The highest BCUT2D eigenvalue weighted by Crippen LogP contribution is 2.22. The van der Waals surface area contributed by atoms with E-state index in [1.807, 2.05) is 29.9 Å². The summed E-state index contributed by atoms with van der Waals surface area (Å²) in [5, 5.41) is 5.02. The van der Waals surface area contributed by atoms with Gasteiger partial charge in [-0.15, -0.1) is 11.3 Å². The fourth-order valence-corrected chi connectivity index (χ4v) is 3.62. The lowest BCUT2D eigenvalue weighted by Gasteiger charge is -2.34. The third-order valence-electron chi connectivity index (χ3n) is 4.19. The van der Waals surface area contributed by atoms with Crippen molar-refractivity contribution in [3.63, 3.8) is 0 Å². The maximum atomic E-state index is 12.6. The van der Waals surface area contributed by atoms with E-state index in [-0.39, 0.29) is 17.7 Å². The van der Waals surface area contributed by atoms with Crippen LogP contribution < -0.4 is 5.32 Å². The van der Waals surface area contributed by atoms with Gasteiger partial charge in [0, 0.05) is 23.5 Å². The van der Waals surface area contributed by atoms with Gasteiger partial charge in [-0.1, -0.05) is 19.9 Å². The number of hydrogen-bond acceptors (Lipinski definition) is 4. The lowest BCUT2D eigenvalue weighted by Crippen LogP contribution is -2.47. The molecule has 1 N–H and O–H groups in total. The number of amides is 2. The first-order valence-electron chi connectivity index (χ1n) is 8.16. The smallest absolute Gasteiger partial charge is 0.244 e. The molecule has 7 heteroatoms. The molecule has 0 fully saturated rings. The Bertz CT molecular complexity index is 708. The summed E-state index contributed by atoms with van der Waals surface area (Å²) in [6.07, 6.45) is 4.23. The Balaban J connectivity index is 1.66. The fourth-order valence-electron chi connectivity index (χ4n) is 2.92. The predicted molar refractivity (Wildman–Crippen MR) is 92.6 cm³/mol. The number of imidazole rings is 1. The molecule has 1 atom stereocenters. The Morgan fingerprint density at radius 2 is 2.29 bits per heavy atom. The highest BCUT2D eigenvalue weighted by molar-refractivity contribution is 7.09. The molecular formula is C17H22N4O2S. The van der Waals surface area contributed by atoms with Crippen molar-refractivity contribution in [3.05, 3.63) is 40.6 Å². The number of aromatic nitrogens is 2. The zero-order chi connectivity index (χ0) is 17.1. The van der Waals surface area contributed by atoms with Crippen LogP contribution in [0.3, 0.4) is 0 Å². The highest BCUT2D eigenvalue weighted by atomic mass is 32.1. The molecule has 128 valence electrons. The fraction of sp³-hybridized carbons (Fsp3) is 0.471. The molecule has 0 saturated carbocycles. The van der Waals surface area contributed by atoms with Crippen molar-refractivity contribution in [3.8, 4) is 0 Å². The van der Waals surface area contributed by atoms with Gasteiger partial charge in [0.15, 0.2) is 0 Å². The summed E-state index contributed by atoms with van der Waals surface area (Å²) in [7, 11) is 0. The summed E-state index contributed by atoms with van der Waals surface area (Å²) in [5.74, 6) is -0.0760. The van der Waals surface area contributed by atoms with Crippen LogP contribution in [-0.4, -0.2) is 39.4 Å². The topological polar surface area (TPSA) is 67.2 Å². The van der Waals surface area contributed by atoms with Crippen molar-refractivity contribution in [2.24, 2.45) is 5.92 Å². The normalized spacial score (nSPS) is 17.0. The van der Waals surface area contributed by atoms with Gasteiger partial charge >= 0.3 is 0 Å². The molecule has 2 aromatic rings. The van der Waals surface area contributed by atoms with Crippen molar-refractivity contribution < 1.29 is 9.59 Å². The summed E-state index contributed by atoms with van der Waals surface area (Å²) in [6.45, 7) is 5.26. The monoisotopic (exact) mass is 346 g/mol. The van der Waals surface area contributed by atoms with Crippen molar-refractivity contribution in [1.82, 2.24) is 19.8 Å². The molecule has 3 rings (SSSR count). The Labute approximate surface area is 145 Å². The number of nitrogens with one attached hydrogen (secondary N) is 1. The molecule has 0 radical (unpaired) electrons. The van der Waals surface area contributed by atoms with Crippen LogP contribution in [0.2, 0.25) is 0 Å². The van der Waals surface area contributed by atoms with E-state index in [0.717, 1.165) is 12.1 Å². The van der Waals surface area contributed by atoms with Crippen molar-refractivity contribution in [2.75, 3.05) is 13.1 Å². The van der Waals surface area contributed by atoms with Crippen LogP contribution in [0, 0.1) is 5.92 Å². The second-order valence-electron chi connectivity index (χ2n) is 6.30. The lowest BCUT2D eigenvalue weighted by atomic mass is 10.1. The minimum atomic E-state index is -0.415. The Hall–Kier alpha value is -2.15. The first-order valence-corrected chi connectivity index (χ1v) is 9.04. The maximum Gasteiger partial charge on any atom is 0.244 e. The number of carbonyl (C=O) groups excluding carboxylic acids is 2. The van der Waals surface area contributed by atoms with Crippen molar-refractivity contribution in [2.45, 2.75) is 32.9 Å².